The Morgan fingerprint density at radius 3 is 2.90 bits per heavy atom. The van der Waals surface area contributed by atoms with Crippen LogP contribution < -0.4 is 0 Å². The first kappa shape index (κ1) is 13.1. The van der Waals surface area contributed by atoms with Crippen LogP contribution in [0.1, 0.15) is 18.1 Å². The van der Waals surface area contributed by atoms with Crippen LogP contribution in [0.5, 0.6) is 0 Å². The summed E-state index contributed by atoms with van der Waals surface area (Å²) < 4.78 is 17.1. The predicted molar refractivity (Wildman–Crippen MR) is 74.0 cm³/mol. The molecule has 0 bridgehead atoms. The predicted octanol–water partition coefficient (Wildman–Crippen LogP) is 2.77. The first-order valence-corrected chi connectivity index (χ1v) is 6.72. The highest BCUT2D eigenvalue weighted by molar-refractivity contribution is 6.20. The van der Waals surface area contributed by atoms with Crippen molar-refractivity contribution in [1.82, 2.24) is 24.5 Å². The molecule has 0 N–H and O–H groups in total. The highest BCUT2D eigenvalue weighted by atomic mass is 35.5. The van der Waals surface area contributed by atoms with Crippen LogP contribution in [0.4, 0.5) is 4.39 Å². The van der Waals surface area contributed by atoms with Gasteiger partial charge in [0.15, 0.2) is 0 Å². The number of nitrogens with zero attached hydrogens (tertiary/aromatic N) is 5. The average molecular weight is 294 g/mol. The Morgan fingerprint density at radius 2 is 2.20 bits per heavy atom. The van der Waals surface area contributed by atoms with Gasteiger partial charge in [-0.25, -0.2) is 9.37 Å². The fourth-order valence-corrected chi connectivity index (χ4v) is 2.37. The van der Waals surface area contributed by atoms with E-state index in [9.17, 15) is 4.39 Å². The molecule has 20 heavy (non-hydrogen) atoms. The minimum Gasteiger partial charge on any atom is -0.325 e. The van der Waals surface area contributed by atoms with Gasteiger partial charge in [0.2, 0.25) is 0 Å². The third kappa shape index (κ3) is 2.38. The molecule has 0 radical (unpaired) electrons. The van der Waals surface area contributed by atoms with Crippen molar-refractivity contribution in [2.75, 3.05) is 0 Å². The summed E-state index contributed by atoms with van der Waals surface area (Å²) in [6.45, 7) is 3.08. The molecule has 3 rings (SSSR count). The number of aryl methyl sites for hydroxylation is 2. The van der Waals surface area contributed by atoms with E-state index >= 15 is 0 Å². The van der Waals surface area contributed by atoms with Crippen LogP contribution in [-0.2, 0) is 13.1 Å². The summed E-state index contributed by atoms with van der Waals surface area (Å²) in [5.74, 6) is 0.445. The maximum atomic E-state index is 13.4. The monoisotopic (exact) mass is 293 g/mol. The molecule has 0 aliphatic heterocycles. The zero-order valence-electron chi connectivity index (χ0n) is 10.9. The standard InChI is InChI=1S/C13H13ClFN5/c1-9(14)13-17-11-3-2-10(15)8-12(11)20(13)7-6-19-5-4-16-18-19/h2-5,8-9H,6-7H2,1H3. The van der Waals surface area contributed by atoms with Crippen molar-refractivity contribution in [1.29, 1.82) is 0 Å². The van der Waals surface area contributed by atoms with Gasteiger partial charge in [0.05, 0.1) is 29.2 Å². The minimum atomic E-state index is -0.284. The number of benzene rings is 1. The van der Waals surface area contributed by atoms with E-state index in [1.807, 2.05) is 11.5 Å². The SMILES string of the molecule is CC(Cl)c1nc2ccc(F)cc2n1CCn1ccnn1. The van der Waals surface area contributed by atoms with Gasteiger partial charge >= 0.3 is 0 Å². The summed E-state index contributed by atoms with van der Waals surface area (Å²) >= 11 is 6.17. The van der Waals surface area contributed by atoms with Crippen LogP contribution in [0.15, 0.2) is 30.6 Å². The second kappa shape index (κ2) is 5.20. The molecule has 0 aliphatic rings. The molecular weight excluding hydrogens is 281 g/mol. The largest absolute Gasteiger partial charge is 0.325 e. The quantitative estimate of drug-likeness (QED) is 0.695. The summed E-state index contributed by atoms with van der Waals surface area (Å²) in [4.78, 5) is 4.47. The van der Waals surface area contributed by atoms with Crippen LogP contribution in [0.2, 0.25) is 0 Å². The van der Waals surface area contributed by atoms with Crippen molar-refractivity contribution >= 4 is 22.6 Å². The van der Waals surface area contributed by atoms with Crippen LogP contribution in [0.25, 0.3) is 11.0 Å². The van der Waals surface area contributed by atoms with E-state index in [0.717, 1.165) is 16.9 Å². The molecule has 2 heterocycles. The van der Waals surface area contributed by atoms with Crippen molar-refractivity contribution in [3.63, 3.8) is 0 Å². The number of hydrogen-bond acceptors (Lipinski definition) is 3. The number of rotatable bonds is 4. The molecule has 104 valence electrons. The third-order valence-electron chi connectivity index (χ3n) is 3.12. The lowest BCUT2D eigenvalue weighted by molar-refractivity contribution is 0.514. The molecule has 0 saturated carbocycles. The number of imidazole rings is 1. The average Bonchev–Trinajstić information content (AvgIpc) is 3.03. The number of hydrogen-bond donors (Lipinski definition) is 0. The second-order valence-corrected chi connectivity index (χ2v) is 5.19. The molecule has 1 atom stereocenters. The lowest BCUT2D eigenvalue weighted by atomic mass is 10.3. The van der Waals surface area contributed by atoms with Crippen molar-refractivity contribution in [2.24, 2.45) is 0 Å². The first-order chi connectivity index (χ1) is 9.65. The zero-order valence-corrected chi connectivity index (χ0v) is 11.6. The zero-order chi connectivity index (χ0) is 14.1. The highest BCUT2D eigenvalue weighted by Gasteiger charge is 2.15. The molecular formula is C13H13ClFN5. The van der Waals surface area contributed by atoms with Gasteiger partial charge in [-0.3, -0.25) is 4.68 Å². The van der Waals surface area contributed by atoms with Gasteiger partial charge < -0.3 is 4.57 Å². The maximum Gasteiger partial charge on any atom is 0.127 e. The molecule has 2 aromatic heterocycles. The molecule has 0 spiro atoms. The van der Waals surface area contributed by atoms with Gasteiger partial charge in [0.25, 0.3) is 0 Å². The highest BCUT2D eigenvalue weighted by Crippen LogP contribution is 2.25. The molecule has 3 aromatic rings. The second-order valence-electron chi connectivity index (χ2n) is 4.54. The van der Waals surface area contributed by atoms with E-state index in [1.165, 1.54) is 12.1 Å². The van der Waals surface area contributed by atoms with Crippen molar-refractivity contribution in [3.8, 4) is 0 Å². The Morgan fingerprint density at radius 1 is 1.35 bits per heavy atom. The maximum absolute atomic E-state index is 13.4. The van der Waals surface area contributed by atoms with Gasteiger partial charge in [0.1, 0.15) is 11.6 Å². The van der Waals surface area contributed by atoms with E-state index in [1.54, 1.807) is 23.1 Å². The summed E-state index contributed by atoms with van der Waals surface area (Å²) in [6, 6.07) is 4.55. The van der Waals surface area contributed by atoms with E-state index in [-0.39, 0.29) is 11.2 Å². The van der Waals surface area contributed by atoms with Crippen LogP contribution in [0, 0.1) is 5.82 Å². The lowest BCUT2D eigenvalue weighted by Crippen LogP contribution is -2.11. The third-order valence-corrected chi connectivity index (χ3v) is 3.32. The fourth-order valence-electron chi connectivity index (χ4n) is 2.21. The molecule has 1 aromatic carbocycles. The van der Waals surface area contributed by atoms with Gasteiger partial charge in [0, 0.05) is 12.7 Å². The normalized spacial score (nSPS) is 12.9. The summed E-state index contributed by atoms with van der Waals surface area (Å²) in [6.07, 6.45) is 3.40. The van der Waals surface area contributed by atoms with E-state index in [4.69, 9.17) is 11.6 Å². The Balaban J connectivity index is 2.01. The number of aromatic nitrogens is 5. The minimum absolute atomic E-state index is 0.249. The Labute approximate surface area is 120 Å². The van der Waals surface area contributed by atoms with Crippen molar-refractivity contribution in [2.45, 2.75) is 25.4 Å². The molecule has 7 heteroatoms. The molecule has 0 aliphatic carbocycles. The fraction of sp³-hybridized carbons (Fsp3) is 0.308. The first-order valence-electron chi connectivity index (χ1n) is 6.29. The smallest absolute Gasteiger partial charge is 0.127 e. The summed E-state index contributed by atoms with van der Waals surface area (Å²) in [7, 11) is 0. The van der Waals surface area contributed by atoms with Crippen molar-refractivity contribution < 1.29 is 4.39 Å². The Hall–Kier alpha value is -1.95. The van der Waals surface area contributed by atoms with E-state index in [2.05, 4.69) is 15.3 Å². The van der Waals surface area contributed by atoms with Gasteiger partial charge in [-0.1, -0.05) is 5.21 Å². The van der Waals surface area contributed by atoms with Crippen LogP contribution in [0.3, 0.4) is 0 Å². The molecule has 5 nitrogen and oxygen atoms in total. The van der Waals surface area contributed by atoms with E-state index < -0.39 is 0 Å². The van der Waals surface area contributed by atoms with Crippen LogP contribution in [-0.4, -0.2) is 24.5 Å². The summed E-state index contributed by atoms with van der Waals surface area (Å²) in [5, 5.41) is 7.42. The van der Waals surface area contributed by atoms with Crippen LogP contribution >= 0.6 is 11.6 Å². The Bertz CT molecular complexity index is 720. The molecule has 0 saturated heterocycles. The number of fused-ring (bicyclic) bond motifs is 1. The molecule has 0 amide bonds. The Kier molecular flexibility index (Phi) is 3.40. The summed E-state index contributed by atoms with van der Waals surface area (Å²) in [5.41, 5.74) is 1.49. The van der Waals surface area contributed by atoms with Gasteiger partial charge in [-0.2, -0.15) is 0 Å². The van der Waals surface area contributed by atoms with Gasteiger partial charge in [-0.05, 0) is 25.1 Å². The van der Waals surface area contributed by atoms with Gasteiger partial charge in [-0.15, -0.1) is 16.7 Å². The van der Waals surface area contributed by atoms with Crippen molar-refractivity contribution in [3.05, 3.63) is 42.2 Å². The molecule has 1 unspecified atom stereocenters. The number of halogens is 2. The lowest BCUT2D eigenvalue weighted by Gasteiger charge is -2.10. The van der Waals surface area contributed by atoms with E-state index in [0.29, 0.717) is 13.1 Å². The number of alkyl halides is 1. The molecule has 0 fully saturated rings. The topological polar surface area (TPSA) is 48.5 Å².